The molecule has 0 bridgehead atoms. The van der Waals surface area contributed by atoms with Crippen LogP contribution in [0.25, 0.3) is 0 Å². The Hall–Kier alpha value is 0.570. The second-order valence-electron chi connectivity index (χ2n) is 3.27. The van der Waals surface area contributed by atoms with Crippen molar-refractivity contribution in [2.24, 2.45) is 5.92 Å². The van der Waals surface area contributed by atoms with Crippen LogP contribution in [-0.4, -0.2) is 25.5 Å². The first-order valence-electron chi connectivity index (χ1n) is 4.57. The van der Waals surface area contributed by atoms with Crippen LogP contribution in [0.1, 0.15) is 14.2 Å². The first kappa shape index (κ1) is 9.14. The third kappa shape index (κ3) is 3.53. The van der Waals surface area contributed by atoms with Gasteiger partial charge in [0.25, 0.3) is 0 Å². The van der Waals surface area contributed by atoms with Crippen LogP contribution in [0.3, 0.4) is 0 Å². The van der Waals surface area contributed by atoms with Gasteiger partial charge < -0.3 is 9.63 Å². The van der Waals surface area contributed by atoms with Crippen LogP contribution in [0, 0.1) is 12.8 Å². The highest BCUT2D eigenvalue weighted by atomic mass is 32.4. The maximum absolute atomic E-state index is 11.2. The van der Waals surface area contributed by atoms with Crippen molar-refractivity contribution < 1.29 is 11.0 Å². The fourth-order valence-electron chi connectivity index (χ4n) is 1.19. The molecule has 0 aromatic rings. The van der Waals surface area contributed by atoms with Crippen molar-refractivity contribution in [2.45, 2.75) is 18.9 Å². The van der Waals surface area contributed by atoms with Gasteiger partial charge in [-0.15, -0.1) is 18.1 Å². The molecule has 0 aromatic heterocycles. The molecular formula is C8H14O2PS-. The molecule has 0 aromatic carbocycles. The van der Waals surface area contributed by atoms with Gasteiger partial charge in [-0.25, -0.2) is 0 Å². The zero-order valence-corrected chi connectivity index (χ0v) is 8.81. The predicted molar refractivity (Wildman–Crippen MR) is 51.8 cm³/mol. The summed E-state index contributed by atoms with van der Waals surface area (Å²) in [4.78, 5) is 11.2. The number of rotatable bonds is 3. The summed E-state index contributed by atoms with van der Waals surface area (Å²) >= 11 is 4.80. The van der Waals surface area contributed by atoms with Gasteiger partial charge in [0.05, 0.1) is 7.47 Å². The highest BCUT2D eigenvalue weighted by molar-refractivity contribution is 8.10. The molecule has 70 valence electrons. The smallest absolute Gasteiger partial charge is 0.0610 e. The van der Waals surface area contributed by atoms with Crippen LogP contribution in [0.15, 0.2) is 0 Å². The van der Waals surface area contributed by atoms with Gasteiger partial charge in [0.2, 0.25) is 0 Å². The Balaban J connectivity index is 2.34. The Morgan fingerprint density at radius 3 is 3.00 bits per heavy atom. The van der Waals surface area contributed by atoms with Crippen LogP contribution in [0.2, 0.25) is 0 Å². The molecule has 1 fully saturated rings. The molecule has 4 atom stereocenters. The molecule has 0 N–H and O–H groups in total. The molecule has 1 rings (SSSR count). The summed E-state index contributed by atoms with van der Waals surface area (Å²) in [6.07, 6.45) is -0.840. The number of hydrogen-bond donors (Lipinski definition) is 0. The van der Waals surface area contributed by atoms with Gasteiger partial charge in [-0.2, -0.15) is 0 Å². The summed E-state index contributed by atoms with van der Waals surface area (Å²) in [5, 5.41) is 0. The van der Waals surface area contributed by atoms with E-state index in [4.69, 9.17) is 24.8 Å². The standard InChI is InChI=1S/C8H15O2PS/c1-7-3-5-10-8(7)4-6-11(2,9)12/h1,7-8H,3-6H2,2H3,(H,9,12)/p-1/t7?,8-,11?/m1/s1/i5T/t5?,7?,8-,11?. The Bertz CT molecular complexity index is 218. The van der Waals surface area contributed by atoms with Crippen molar-refractivity contribution in [1.82, 2.24) is 0 Å². The van der Waals surface area contributed by atoms with Gasteiger partial charge in [-0.3, -0.25) is 0 Å². The lowest BCUT2D eigenvalue weighted by molar-refractivity contribution is -0.160. The van der Waals surface area contributed by atoms with Gasteiger partial charge in [-0.1, -0.05) is 0 Å². The zero-order valence-electron chi connectivity index (χ0n) is 8.10. The molecule has 0 spiro atoms. The Kier molecular flexibility index (Phi) is 3.19. The maximum Gasteiger partial charge on any atom is 0.0610 e. The summed E-state index contributed by atoms with van der Waals surface area (Å²) in [5.74, 6) is -0.0935. The second kappa shape index (κ2) is 4.19. The van der Waals surface area contributed by atoms with E-state index in [1.54, 1.807) is 6.66 Å². The minimum Gasteiger partial charge on any atom is -0.821 e. The molecule has 1 aliphatic heterocycles. The molecule has 1 heterocycles. The molecule has 3 unspecified atom stereocenters. The van der Waals surface area contributed by atoms with Crippen LogP contribution >= 0.6 is 6.26 Å². The van der Waals surface area contributed by atoms with Crippen molar-refractivity contribution in [3.63, 3.8) is 0 Å². The second-order valence-corrected chi connectivity index (χ2v) is 8.06. The molecule has 4 heteroatoms. The van der Waals surface area contributed by atoms with E-state index in [0.717, 1.165) is 0 Å². The van der Waals surface area contributed by atoms with Gasteiger partial charge in [0.1, 0.15) is 0 Å². The van der Waals surface area contributed by atoms with Gasteiger partial charge in [0, 0.05) is 6.58 Å². The summed E-state index contributed by atoms with van der Waals surface area (Å²) in [7, 11) is 0. The van der Waals surface area contributed by atoms with Crippen LogP contribution < -0.4 is 4.89 Å². The van der Waals surface area contributed by atoms with Crippen molar-refractivity contribution in [3.8, 4) is 0 Å². The van der Waals surface area contributed by atoms with Crippen molar-refractivity contribution in [2.75, 3.05) is 19.4 Å². The Morgan fingerprint density at radius 1 is 1.92 bits per heavy atom. The van der Waals surface area contributed by atoms with Crippen LogP contribution in [0.4, 0.5) is 0 Å². The van der Waals surface area contributed by atoms with E-state index in [9.17, 15) is 4.89 Å². The third-order valence-electron chi connectivity index (χ3n) is 1.94. The predicted octanol–water partition coefficient (Wildman–Crippen LogP) is 0.877. The third-order valence-corrected chi connectivity index (χ3v) is 3.56. The average molecular weight is 207 g/mol. The maximum atomic E-state index is 11.2. The van der Waals surface area contributed by atoms with E-state index in [1.165, 1.54) is 0 Å². The van der Waals surface area contributed by atoms with E-state index >= 15 is 0 Å². The highest BCUT2D eigenvalue weighted by Gasteiger charge is 2.23. The molecule has 0 aliphatic carbocycles. The van der Waals surface area contributed by atoms with E-state index in [-0.39, 0.29) is 12.0 Å². The zero-order chi connectivity index (χ0) is 10.1. The van der Waals surface area contributed by atoms with Crippen molar-refractivity contribution >= 4 is 18.1 Å². The molecule has 12 heavy (non-hydrogen) atoms. The molecule has 2 radical (unpaired) electrons. The lowest BCUT2D eigenvalue weighted by Crippen LogP contribution is -2.16. The minimum absolute atomic E-state index is 0.0935. The quantitative estimate of drug-likeness (QED) is 0.644. The summed E-state index contributed by atoms with van der Waals surface area (Å²) < 4.78 is 12.6. The monoisotopic (exact) mass is 207 g/mol. The topological polar surface area (TPSA) is 32.3 Å². The van der Waals surface area contributed by atoms with Crippen LogP contribution in [0.5, 0.6) is 0 Å². The van der Waals surface area contributed by atoms with Crippen LogP contribution in [-0.2, 0) is 16.5 Å². The first-order chi connectivity index (χ1) is 5.88. The fourth-order valence-corrected chi connectivity index (χ4v) is 2.23. The van der Waals surface area contributed by atoms with Gasteiger partial charge in [-0.05, 0) is 38.5 Å². The fraction of sp³-hybridized carbons (Fsp3) is 0.875. The summed E-state index contributed by atoms with van der Waals surface area (Å²) in [5.41, 5.74) is 0. The lowest BCUT2D eigenvalue weighted by atomic mass is 10.0. The van der Waals surface area contributed by atoms with E-state index in [2.05, 4.69) is 0 Å². The van der Waals surface area contributed by atoms with E-state index in [1.807, 2.05) is 0 Å². The Morgan fingerprint density at radius 2 is 2.58 bits per heavy atom. The van der Waals surface area contributed by atoms with E-state index in [0.29, 0.717) is 19.0 Å². The highest BCUT2D eigenvalue weighted by Crippen LogP contribution is 2.34. The van der Waals surface area contributed by atoms with E-state index < -0.39 is 12.8 Å². The minimum atomic E-state index is -2.38. The molecule has 0 amide bonds. The number of ether oxygens (including phenoxy) is 1. The molecule has 0 saturated carbocycles. The molecule has 1 saturated heterocycles. The Labute approximate surface area is 80.8 Å². The normalized spacial score (nSPS) is 42.2. The summed E-state index contributed by atoms with van der Waals surface area (Å²) in [6.45, 7) is 6.80. The number of hydrogen-bond acceptors (Lipinski definition) is 3. The molecule has 1 aliphatic rings. The van der Waals surface area contributed by atoms with Crippen molar-refractivity contribution in [3.05, 3.63) is 6.92 Å². The molecular weight excluding hydrogens is 191 g/mol. The lowest BCUT2D eigenvalue weighted by Gasteiger charge is -2.24. The SMILES string of the molecule is [3H]C1CC([CH])[C@@H](CCP(C)([O-])=S)O1. The average Bonchev–Trinajstić information content (AvgIpc) is 2.24. The summed E-state index contributed by atoms with van der Waals surface area (Å²) in [6, 6.07) is 0. The van der Waals surface area contributed by atoms with Crippen molar-refractivity contribution in [1.29, 1.82) is 0 Å². The van der Waals surface area contributed by atoms with Gasteiger partial charge >= 0.3 is 0 Å². The molecule has 2 nitrogen and oxygen atoms in total. The largest absolute Gasteiger partial charge is 0.821 e. The van der Waals surface area contributed by atoms with Gasteiger partial charge in [0.15, 0.2) is 0 Å². The first-order valence-corrected chi connectivity index (χ1v) is 7.34.